The Morgan fingerprint density at radius 2 is 1.95 bits per heavy atom. The number of nitrogens with two attached hydrogens (primary N) is 1. The minimum atomic E-state index is -3.73. The first kappa shape index (κ1) is 15.4. The van der Waals surface area contributed by atoms with Crippen LogP contribution in [0.1, 0.15) is 29.8 Å². The highest BCUT2D eigenvalue weighted by Crippen LogP contribution is 2.26. The van der Waals surface area contributed by atoms with Gasteiger partial charge in [-0.3, -0.25) is 9.97 Å². The van der Waals surface area contributed by atoms with Crippen molar-refractivity contribution in [2.45, 2.75) is 31.7 Å². The van der Waals surface area contributed by atoms with E-state index in [0.29, 0.717) is 0 Å². The van der Waals surface area contributed by atoms with Gasteiger partial charge < -0.3 is 5.32 Å². The number of hydrogen-bond acceptors (Lipinski definition) is 5. The molecule has 2 rings (SSSR count). The summed E-state index contributed by atoms with van der Waals surface area (Å²) < 4.78 is 23.1. The Bertz CT molecular complexity index is 745. The largest absolute Gasteiger partial charge is 0.377 e. The van der Waals surface area contributed by atoms with Gasteiger partial charge in [-0.2, -0.15) is 0 Å². The average Bonchev–Trinajstić information content (AvgIpc) is 2.43. The van der Waals surface area contributed by atoms with Crippen LogP contribution in [0.25, 0.3) is 0 Å². The van der Waals surface area contributed by atoms with Gasteiger partial charge in [-0.15, -0.1) is 0 Å². The quantitative estimate of drug-likeness (QED) is 0.899. The SMILES string of the molecule is Cc1cc(S(N)(=O)=O)cc(NC(C)c2cnccn2)c1C. The Morgan fingerprint density at radius 1 is 1.24 bits per heavy atom. The van der Waals surface area contributed by atoms with Gasteiger partial charge in [-0.1, -0.05) is 0 Å². The van der Waals surface area contributed by atoms with E-state index in [9.17, 15) is 8.42 Å². The van der Waals surface area contributed by atoms with Crippen LogP contribution in [-0.2, 0) is 10.0 Å². The fraction of sp³-hybridized carbons (Fsp3) is 0.286. The minimum absolute atomic E-state index is 0.0967. The summed E-state index contributed by atoms with van der Waals surface area (Å²) in [5.74, 6) is 0. The summed E-state index contributed by atoms with van der Waals surface area (Å²) in [6.45, 7) is 5.71. The van der Waals surface area contributed by atoms with Gasteiger partial charge in [0.15, 0.2) is 0 Å². The summed E-state index contributed by atoms with van der Waals surface area (Å²) in [7, 11) is -3.73. The van der Waals surface area contributed by atoms with Gasteiger partial charge in [-0.05, 0) is 44.0 Å². The first-order valence-corrected chi connectivity index (χ1v) is 8.00. The van der Waals surface area contributed by atoms with Crippen LogP contribution < -0.4 is 10.5 Å². The Balaban J connectivity index is 2.38. The first-order valence-electron chi connectivity index (χ1n) is 6.45. The van der Waals surface area contributed by atoms with E-state index >= 15 is 0 Å². The molecule has 3 N–H and O–H groups in total. The standard InChI is InChI=1S/C14H18N4O2S/c1-9-6-12(21(15,19)20)7-13(10(9)2)18-11(3)14-8-16-4-5-17-14/h4-8,11,18H,1-3H3,(H2,15,19,20). The summed E-state index contributed by atoms with van der Waals surface area (Å²) in [6.07, 6.45) is 4.89. The van der Waals surface area contributed by atoms with E-state index in [-0.39, 0.29) is 10.9 Å². The van der Waals surface area contributed by atoms with Crippen LogP contribution in [0.2, 0.25) is 0 Å². The zero-order valence-corrected chi connectivity index (χ0v) is 13.0. The second kappa shape index (κ2) is 5.79. The van der Waals surface area contributed by atoms with Crippen molar-refractivity contribution in [1.82, 2.24) is 9.97 Å². The molecule has 0 aliphatic carbocycles. The molecule has 0 saturated heterocycles. The fourth-order valence-electron chi connectivity index (χ4n) is 1.98. The number of rotatable bonds is 4. The van der Waals surface area contributed by atoms with Crippen LogP contribution in [0.3, 0.4) is 0 Å². The molecule has 0 radical (unpaired) electrons. The number of aryl methyl sites for hydroxylation is 1. The van der Waals surface area contributed by atoms with Crippen LogP contribution in [0.5, 0.6) is 0 Å². The molecule has 0 aliphatic rings. The van der Waals surface area contributed by atoms with Crippen LogP contribution in [-0.4, -0.2) is 18.4 Å². The van der Waals surface area contributed by atoms with Gasteiger partial charge in [0, 0.05) is 18.1 Å². The van der Waals surface area contributed by atoms with E-state index in [1.807, 2.05) is 20.8 Å². The maximum atomic E-state index is 11.5. The van der Waals surface area contributed by atoms with Crippen LogP contribution >= 0.6 is 0 Å². The number of nitrogens with one attached hydrogen (secondary N) is 1. The Labute approximate surface area is 124 Å². The van der Waals surface area contributed by atoms with Crippen molar-refractivity contribution in [3.8, 4) is 0 Å². The normalized spacial score (nSPS) is 13.0. The number of aromatic nitrogens is 2. The van der Waals surface area contributed by atoms with E-state index in [0.717, 1.165) is 22.5 Å². The lowest BCUT2D eigenvalue weighted by molar-refractivity contribution is 0.597. The van der Waals surface area contributed by atoms with Crippen molar-refractivity contribution in [1.29, 1.82) is 0 Å². The topological polar surface area (TPSA) is 98.0 Å². The summed E-state index contributed by atoms with van der Waals surface area (Å²) in [5, 5.41) is 8.47. The fourth-order valence-corrected chi connectivity index (χ4v) is 2.61. The van der Waals surface area contributed by atoms with Gasteiger partial charge in [0.25, 0.3) is 0 Å². The molecule has 1 atom stereocenters. The zero-order valence-electron chi connectivity index (χ0n) is 12.2. The van der Waals surface area contributed by atoms with Crippen molar-refractivity contribution in [3.63, 3.8) is 0 Å². The lowest BCUT2D eigenvalue weighted by Crippen LogP contribution is -2.15. The molecule has 0 fully saturated rings. The zero-order chi connectivity index (χ0) is 15.6. The third kappa shape index (κ3) is 3.56. The van der Waals surface area contributed by atoms with E-state index in [2.05, 4.69) is 15.3 Å². The van der Waals surface area contributed by atoms with E-state index in [1.54, 1.807) is 30.7 Å². The average molecular weight is 306 g/mol. The Morgan fingerprint density at radius 3 is 2.52 bits per heavy atom. The summed E-state index contributed by atoms with van der Waals surface area (Å²) in [5.41, 5.74) is 3.32. The molecule has 112 valence electrons. The number of hydrogen-bond donors (Lipinski definition) is 2. The number of primary sulfonamides is 1. The molecule has 0 bridgehead atoms. The van der Waals surface area contributed by atoms with E-state index in [4.69, 9.17) is 5.14 Å². The molecule has 7 heteroatoms. The van der Waals surface area contributed by atoms with Gasteiger partial charge in [0.1, 0.15) is 0 Å². The molecule has 1 aromatic carbocycles. The van der Waals surface area contributed by atoms with E-state index < -0.39 is 10.0 Å². The maximum Gasteiger partial charge on any atom is 0.238 e. The van der Waals surface area contributed by atoms with Gasteiger partial charge in [-0.25, -0.2) is 13.6 Å². The van der Waals surface area contributed by atoms with Crippen molar-refractivity contribution < 1.29 is 8.42 Å². The van der Waals surface area contributed by atoms with Crippen molar-refractivity contribution in [3.05, 3.63) is 47.5 Å². The molecule has 0 amide bonds. The summed E-state index contributed by atoms with van der Waals surface area (Å²) in [4.78, 5) is 8.35. The number of sulfonamides is 1. The van der Waals surface area contributed by atoms with Gasteiger partial charge in [0.05, 0.1) is 22.8 Å². The summed E-state index contributed by atoms with van der Waals surface area (Å²) in [6, 6.07) is 3.01. The van der Waals surface area contributed by atoms with Gasteiger partial charge in [0.2, 0.25) is 10.0 Å². The lowest BCUT2D eigenvalue weighted by Gasteiger charge is -2.18. The monoisotopic (exact) mass is 306 g/mol. The van der Waals surface area contributed by atoms with Crippen LogP contribution in [0.15, 0.2) is 35.6 Å². The molecular formula is C14H18N4O2S. The molecule has 0 saturated carbocycles. The highest BCUT2D eigenvalue weighted by atomic mass is 32.2. The third-order valence-electron chi connectivity index (χ3n) is 3.37. The smallest absolute Gasteiger partial charge is 0.238 e. The summed E-state index contributed by atoms with van der Waals surface area (Å²) >= 11 is 0. The molecule has 21 heavy (non-hydrogen) atoms. The molecule has 2 aromatic rings. The molecule has 0 aliphatic heterocycles. The predicted octanol–water partition coefficient (Wildman–Crippen LogP) is 1.91. The van der Waals surface area contributed by atoms with Crippen LogP contribution in [0, 0.1) is 13.8 Å². The molecular weight excluding hydrogens is 288 g/mol. The number of anilines is 1. The van der Waals surface area contributed by atoms with Crippen LogP contribution in [0.4, 0.5) is 5.69 Å². The molecule has 6 nitrogen and oxygen atoms in total. The second-order valence-electron chi connectivity index (χ2n) is 4.95. The van der Waals surface area contributed by atoms with Crippen molar-refractivity contribution in [2.75, 3.05) is 5.32 Å². The molecule has 0 spiro atoms. The Hall–Kier alpha value is -1.99. The molecule has 1 heterocycles. The second-order valence-corrected chi connectivity index (χ2v) is 6.52. The maximum absolute atomic E-state index is 11.5. The molecule has 1 aromatic heterocycles. The number of benzene rings is 1. The Kier molecular flexibility index (Phi) is 4.24. The lowest BCUT2D eigenvalue weighted by atomic mass is 10.1. The van der Waals surface area contributed by atoms with Crippen molar-refractivity contribution >= 4 is 15.7 Å². The minimum Gasteiger partial charge on any atom is -0.377 e. The molecule has 1 unspecified atom stereocenters. The van der Waals surface area contributed by atoms with Crippen molar-refractivity contribution in [2.24, 2.45) is 5.14 Å². The van der Waals surface area contributed by atoms with E-state index in [1.165, 1.54) is 0 Å². The first-order chi connectivity index (χ1) is 9.79. The van der Waals surface area contributed by atoms with Gasteiger partial charge >= 0.3 is 0 Å². The number of nitrogens with zero attached hydrogens (tertiary/aromatic N) is 2. The highest BCUT2D eigenvalue weighted by Gasteiger charge is 2.15. The predicted molar refractivity (Wildman–Crippen MR) is 81.4 cm³/mol. The highest BCUT2D eigenvalue weighted by molar-refractivity contribution is 7.89. The third-order valence-corrected chi connectivity index (χ3v) is 4.26.